The van der Waals surface area contributed by atoms with Gasteiger partial charge in [0.15, 0.2) is 0 Å². The molecule has 0 aromatic carbocycles. The van der Waals surface area contributed by atoms with Crippen LogP contribution in [0.3, 0.4) is 0 Å². The number of hydrogen-bond acceptors (Lipinski definition) is 3. The number of nitrogens with zero attached hydrogens (tertiary/aromatic N) is 2. The lowest BCUT2D eigenvalue weighted by Gasteiger charge is -2.22. The highest BCUT2D eigenvalue weighted by Gasteiger charge is 2.11. The van der Waals surface area contributed by atoms with Crippen LogP contribution in [0.25, 0.3) is 0 Å². The first-order valence-electron chi connectivity index (χ1n) is 4.48. The van der Waals surface area contributed by atoms with Gasteiger partial charge in [-0.3, -0.25) is 4.90 Å². The maximum Gasteiger partial charge on any atom is 0.0871 e. The first-order chi connectivity index (χ1) is 6.65. The molecule has 14 heavy (non-hydrogen) atoms. The fourth-order valence-corrected chi connectivity index (χ4v) is 2.64. The van der Waals surface area contributed by atoms with Crippen LogP contribution in [0.15, 0.2) is 15.9 Å². The zero-order chi connectivity index (χ0) is 10.6. The van der Waals surface area contributed by atoms with E-state index in [1.54, 1.807) is 11.3 Å². The topological polar surface area (TPSA) is 27.0 Å². The molecule has 2 nitrogen and oxygen atoms in total. The van der Waals surface area contributed by atoms with Crippen LogP contribution in [0, 0.1) is 11.3 Å². The van der Waals surface area contributed by atoms with Gasteiger partial charge in [0.2, 0.25) is 0 Å². The molecule has 0 amide bonds. The summed E-state index contributed by atoms with van der Waals surface area (Å²) in [6.45, 7) is 5.56. The average molecular weight is 273 g/mol. The molecule has 1 rings (SSSR count). The second-order valence-electron chi connectivity index (χ2n) is 3.35. The summed E-state index contributed by atoms with van der Waals surface area (Å²) in [6.07, 6.45) is 0. The third-order valence-corrected chi connectivity index (χ3v) is 3.95. The highest BCUT2D eigenvalue weighted by atomic mass is 79.9. The molecule has 1 aromatic rings. The fraction of sp³-hybridized carbons (Fsp3) is 0.500. The molecule has 0 radical (unpaired) electrons. The summed E-state index contributed by atoms with van der Waals surface area (Å²) >= 11 is 5.22. The summed E-state index contributed by atoms with van der Waals surface area (Å²) in [7, 11) is 0. The predicted molar refractivity (Wildman–Crippen MR) is 63.2 cm³/mol. The van der Waals surface area contributed by atoms with Gasteiger partial charge in [-0.05, 0) is 41.2 Å². The summed E-state index contributed by atoms with van der Waals surface area (Å²) in [5, 5.41) is 10.7. The van der Waals surface area contributed by atoms with Gasteiger partial charge in [-0.25, -0.2) is 0 Å². The van der Waals surface area contributed by atoms with Crippen LogP contribution in [0.5, 0.6) is 0 Å². The van der Waals surface area contributed by atoms with E-state index in [0.717, 1.165) is 11.0 Å². The maximum atomic E-state index is 8.68. The van der Waals surface area contributed by atoms with E-state index in [4.69, 9.17) is 5.26 Å². The number of hydrogen-bond donors (Lipinski definition) is 0. The van der Waals surface area contributed by atoms with Crippen molar-refractivity contribution in [3.63, 3.8) is 0 Å². The molecular formula is C10H13BrN2S. The minimum atomic E-state index is 0.406. The Kier molecular flexibility index (Phi) is 4.59. The smallest absolute Gasteiger partial charge is 0.0871 e. The summed E-state index contributed by atoms with van der Waals surface area (Å²) < 4.78 is 1.14. The van der Waals surface area contributed by atoms with Gasteiger partial charge in [0, 0.05) is 21.9 Å². The summed E-state index contributed by atoms with van der Waals surface area (Å²) in [5.74, 6) is 0. The summed E-state index contributed by atoms with van der Waals surface area (Å²) in [6, 6.07) is 4.65. The quantitative estimate of drug-likeness (QED) is 0.787. The molecule has 0 unspecified atom stereocenters. The zero-order valence-corrected chi connectivity index (χ0v) is 10.7. The fourth-order valence-electron chi connectivity index (χ4n) is 1.13. The van der Waals surface area contributed by atoms with Gasteiger partial charge in [-0.2, -0.15) is 5.26 Å². The normalized spacial score (nSPS) is 10.9. The Bertz CT molecular complexity index is 327. The third kappa shape index (κ3) is 3.09. The highest BCUT2D eigenvalue weighted by molar-refractivity contribution is 9.10. The van der Waals surface area contributed by atoms with Gasteiger partial charge in [0.1, 0.15) is 0 Å². The average Bonchev–Trinajstić information content (AvgIpc) is 2.51. The van der Waals surface area contributed by atoms with Gasteiger partial charge >= 0.3 is 0 Å². The van der Waals surface area contributed by atoms with Crippen molar-refractivity contribution < 1.29 is 0 Å². The Labute approximate surface area is 97.3 Å². The van der Waals surface area contributed by atoms with Gasteiger partial charge in [-0.1, -0.05) is 0 Å². The van der Waals surface area contributed by atoms with Gasteiger partial charge in [-0.15, -0.1) is 11.3 Å². The molecule has 0 bridgehead atoms. The second kappa shape index (κ2) is 5.50. The lowest BCUT2D eigenvalue weighted by molar-refractivity contribution is 0.242. The third-order valence-electron chi connectivity index (χ3n) is 2.04. The monoisotopic (exact) mass is 272 g/mol. The van der Waals surface area contributed by atoms with Crippen molar-refractivity contribution in [3.8, 4) is 6.07 Å². The molecule has 1 aromatic heterocycles. The van der Waals surface area contributed by atoms with Gasteiger partial charge < -0.3 is 0 Å². The molecule has 0 saturated heterocycles. The van der Waals surface area contributed by atoms with Crippen molar-refractivity contribution in [1.82, 2.24) is 4.90 Å². The Morgan fingerprint density at radius 2 is 2.36 bits per heavy atom. The van der Waals surface area contributed by atoms with Crippen LogP contribution < -0.4 is 0 Å². The van der Waals surface area contributed by atoms with Crippen molar-refractivity contribution in [2.24, 2.45) is 0 Å². The molecule has 0 saturated carbocycles. The van der Waals surface area contributed by atoms with E-state index >= 15 is 0 Å². The van der Waals surface area contributed by atoms with E-state index in [1.807, 2.05) is 6.07 Å². The Morgan fingerprint density at radius 1 is 1.64 bits per heavy atom. The first kappa shape index (κ1) is 11.7. The molecular weight excluding hydrogens is 260 g/mol. The molecule has 0 spiro atoms. The molecule has 4 heteroatoms. The Balaban J connectivity index is 2.65. The predicted octanol–water partition coefficient (Wildman–Crippen LogP) is 3.24. The highest BCUT2D eigenvalue weighted by Crippen LogP contribution is 2.24. The molecule has 0 aliphatic rings. The van der Waals surface area contributed by atoms with Crippen molar-refractivity contribution in [1.29, 1.82) is 5.26 Å². The van der Waals surface area contributed by atoms with E-state index < -0.39 is 0 Å². The SMILES string of the molecule is CC(C)N(CC#N)Cc1sccc1Br. The number of thiophene rings is 1. The maximum absolute atomic E-state index is 8.68. The van der Waals surface area contributed by atoms with E-state index in [0.29, 0.717) is 12.6 Å². The lowest BCUT2D eigenvalue weighted by atomic mass is 10.3. The largest absolute Gasteiger partial charge is 0.283 e. The standard InChI is InChI=1S/C10H13BrN2S/c1-8(2)13(5-4-12)7-10-9(11)3-6-14-10/h3,6,8H,5,7H2,1-2H3. The van der Waals surface area contributed by atoms with E-state index in [1.165, 1.54) is 4.88 Å². The van der Waals surface area contributed by atoms with Gasteiger partial charge in [0.25, 0.3) is 0 Å². The molecule has 1 heterocycles. The molecule has 0 N–H and O–H groups in total. The minimum Gasteiger partial charge on any atom is -0.283 e. The van der Waals surface area contributed by atoms with E-state index in [2.05, 4.69) is 46.1 Å². The van der Waals surface area contributed by atoms with E-state index in [9.17, 15) is 0 Å². The molecule has 0 aliphatic heterocycles. The van der Waals surface area contributed by atoms with Crippen LogP contribution in [0.2, 0.25) is 0 Å². The first-order valence-corrected chi connectivity index (χ1v) is 6.15. The van der Waals surface area contributed by atoms with Crippen LogP contribution in [0.1, 0.15) is 18.7 Å². The number of rotatable bonds is 4. The second-order valence-corrected chi connectivity index (χ2v) is 5.20. The summed E-state index contributed by atoms with van der Waals surface area (Å²) in [4.78, 5) is 3.44. The minimum absolute atomic E-state index is 0.406. The van der Waals surface area contributed by atoms with Crippen molar-refractivity contribution in [3.05, 3.63) is 20.8 Å². The van der Waals surface area contributed by atoms with Crippen molar-refractivity contribution in [2.45, 2.75) is 26.4 Å². The number of halogens is 1. The molecule has 0 aliphatic carbocycles. The lowest BCUT2D eigenvalue weighted by Crippen LogP contribution is -2.30. The van der Waals surface area contributed by atoms with Crippen LogP contribution >= 0.6 is 27.3 Å². The van der Waals surface area contributed by atoms with Crippen LogP contribution in [-0.4, -0.2) is 17.5 Å². The molecule has 0 atom stereocenters. The van der Waals surface area contributed by atoms with Crippen LogP contribution in [0.4, 0.5) is 0 Å². The molecule has 0 fully saturated rings. The Hall–Kier alpha value is -0.370. The van der Waals surface area contributed by atoms with Crippen molar-refractivity contribution in [2.75, 3.05) is 6.54 Å². The van der Waals surface area contributed by atoms with E-state index in [-0.39, 0.29) is 0 Å². The van der Waals surface area contributed by atoms with Crippen molar-refractivity contribution >= 4 is 27.3 Å². The summed E-state index contributed by atoms with van der Waals surface area (Å²) in [5.41, 5.74) is 0. The number of nitriles is 1. The zero-order valence-electron chi connectivity index (χ0n) is 8.33. The van der Waals surface area contributed by atoms with Gasteiger partial charge in [0.05, 0.1) is 12.6 Å². The molecule has 76 valence electrons. The van der Waals surface area contributed by atoms with Crippen LogP contribution in [-0.2, 0) is 6.54 Å². The Morgan fingerprint density at radius 3 is 2.79 bits per heavy atom.